The largest absolute Gasteiger partial charge is 0.497 e. The van der Waals surface area contributed by atoms with E-state index in [4.69, 9.17) is 15.2 Å². The van der Waals surface area contributed by atoms with Crippen LogP contribution in [0, 0.1) is 0 Å². The molecule has 0 unspecified atom stereocenters. The number of rotatable bonds is 7. The number of nitrogens with one attached hydrogen (secondary N) is 2. The number of hydrogen-bond donors (Lipinski definition) is 3. The lowest BCUT2D eigenvalue weighted by atomic mass is 10.2. The Balaban J connectivity index is 1.49. The third-order valence-electron chi connectivity index (χ3n) is 4.74. The number of H-pyrrole nitrogens is 1. The van der Waals surface area contributed by atoms with Crippen LogP contribution >= 0.6 is 0 Å². The Hall–Kier alpha value is -3.89. The molecular formula is C22H20N4O5S. The molecule has 0 aliphatic carbocycles. The number of aromatic amines is 1. The monoisotopic (exact) mass is 452 g/mol. The predicted molar refractivity (Wildman–Crippen MR) is 119 cm³/mol. The summed E-state index contributed by atoms with van der Waals surface area (Å²) in [5.74, 6) is 1.55. The van der Waals surface area contributed by atoms with Gasteiger partial charge in [-0.25, -0.2) is 22.9 Å². The van der Waals surface area contributed by atoms with E-state index in [2.05, 4.69) is 14.7 Å². The zero-order valence-electron chi connectivity index (χ0n) is 17.0. The van der Waals surface area contributed by atoms with Gasteiger partial charge in [-0.1, -0.05) is 12.1 Å². The van der Waals surface area contributed by atoms with Crippen molar-refractivity contribution >= 4 is 27.1 Å². The lowest BCUT2D eigenvalue weighted by molar-refractivity contribution is 0.211. The molecule has 9 nitrogen and oxygen atoms in total. The molecule has 0 radical (unpaired) electrons. The normalized spacial score (nSPS) is 11.4. The van der Waals surface area contributed by atoms with Gasteiger partial charge in [-0.15, -0.1) is 0 Å². The Bertz CT molecular complexity index is 1360. The number of nitrogens with zero attached hydrogens (tertiary/aromatic N) is 1. The number of fused-ring (bicyclic) bond motifs is 1. The number of imidazole rings is 1. The Labute approximate surface area is 184 Å². The van der Waals surface area contributed by atoms with Gasteiger partial charge in [0, 0.05) is 18.2 Å². The average Bonchev–Trinajstić information content (AvgIpc) is 3.21. The molecular weight excluding hydrogens is 432 g/mol. The molecule has 10 heteroatoms. The van der Waals surface area contributed by atoms with Crippen LogP contribution in [-0.4, -0.2) is 31.6 Å². The number of carbonyl (C=O) groups is 1. The van der Waals surface area contributed by atoms with Crippen LogP contribution in [0.1, 0.15) is 5.56 Å². The van der Waals surface area contributed by atoms with Crippen molar-refractivity contribution in [1.82, 2.24) is 14.7 Å². The standard InChI is InChI=1S/C22H20N4O5S/c1-30-16-6-2-14(3-7-16)13-24-32(28,29)18-9-4-15(5-10-18)21-25-19-11-8-17(31-22(23)27)12-20(19)26-21/h2-12,24H,13H2,1H3,(H2,23,27)(H,25,26). The Morgan fingerprint density at radius 3 is 2.38 bits per heavy atom. The first-order chi connectivity index (χ1) is 15.3. The summed E-state index contributed by atoms with van der Waals surface area (Å²) in [5, 5.41) is 0. The average molecular weight is 452 g/mol. The van der Waals surface area contributed by atoms with Gasteiger partial charge in [-0.2, -0.15) is 0 Å². The smallest absolute Gasteiger partial charge is 0.409 e. The van der Waals surface area contributed by atoms with E-state index in [9.17, 15) is 13.2 Å². The maximum absolute atomic E-state index is 12.6. The SMILES string of the molecule is COc1ccc(CNS(=O)(=O)c2ccc(-c3nc4ccc(OC(N)=O)cc4[nH]3)cc2)cc1. The number of carbonyl (C=O) groups excluding carboxylic acids is 1. The van der Waals surface area contributed by atoms with Gasteiger partial charge in [-0.05, 0) is 54.1 Å². The predicted octanol–water partition coefficient (Wildman–Crippen LogP) is 3.17. The van der Waals surface area contributed by atoms with Crippen LogP contribution in [0.3, 0.4) is 0 Å². The minimum Gasteiger partial charge on any atom is -0.497 e. The van der Waals surface area contributed by atoms with Crippen molar-refractivity contribution in [3.05, 3.63) is 72.3 Å². The van der Waals surface area contributed by atoms with Crippen LogP contribution in [0.2, 0.25) is 0 Å². The fourth-order valence-electron chi connectivity index (χ4n) is 3.10. The molecule has 3 aromatic carbocycles. The molecule has 0 saturated carbocycles. The van der Waals surface area contributed by atoms with E-state index in [1.165, 1.54) is 12.1 Å². The first-order valence-electron chi connectivity index (χ1n) is 9.54. The minimum absolute atomic E-state index is 0.142. The molecule has 1 amide bonds. The molecule has 0 fully saturated rings. The third kappa shape index (κ3) is 4.71. The van der Waals surface area contributed by atoms with Gasteiger partial charge in [0.05, 0.1) is 23.0 Å². The molecule has 0 bridgehead atoms. The molecule has 4 N–H and O–H groups in total. The van der Waals surface area contributed by atoms with E-state index in [0.717, 1.165) is 5.56 Å². The van der Waals surface area contributed by atoms with Crippen molar-refractivity contribution in [1.29, 1.82) is 0 Å². The van der Waals surface area contributed by atoms with Crippen molar-refractivity contribution in [2.24, 2.45) is 5.73 Å². The van der Waals surface area contributed by atoms with Crippen molar-refractivity contribution in [3.8, 4) is 22.9 Å². The highest BCUT2D eigenvalue weighted by atomic mass is 32.2. The summed E-state index contributed by atoms with van der Waals surface area (Å²) in [6, 6.07) is 18.4. The number of methoxy groups -OCH3 is 1. The van der Waals surface area contributed by atoms with Crippen molar-refractivity contribution < 1.29 is 22.7 Å². The molecule has 4 aromatic rings. The molecule has 1 aromatic heterocycles. The lowest BCUT2D eigenvalue weighted by Crippen LogP contribution is -2.23. The second-order valence-corrected chi connectivity index (χ2v) is 8.65. The summed E-state index contributed by atoms with van der Waals surface area (Å²) in [5.41, 5.74) is 7.86. The molecule has 32 heavy (non-hydrogen) atoms. The molecule has 1 heterocycles. The maximum atomic E-state index is 12.6. The van der Waals surface area contributed by atoms with Gasteiger partial charge in [0.25, 0.3) is 0 Å². The summed E-state index contributed by atoms with van der Waals surface area (Å²) in [4.78, 5) is 18.7. The fraction of sp³-hybridized carbons (Fsp3) is 0.0909. The molecule has 0 saturated heterocycles. The van der Waals surface area contributed by atoms with Gasteiger partial charge < -0.3 is 20.2 Å². The summed E-state index contributed by atoms with van der Waals surface area (Å²) in [7, 11) is -2.12. The Morgan fingerprint density at radius 2 is 1.72 bits per heavy atom. The zero-order valence-corrected chi connectivity index (χ0v) is 17.8. The second-order valence-electron chi connectivity index (χ2n) is 6.88. The van der Waals surface area contributed by atoms with Crippen molar-refractivity contribution in [2.75, 3.05) is 7.11 Å². The highest BCUT2D eigenvalue weighted by Gasteiger charge is 2.15. The summed E-state index contributed by atoms with van der Waals surface area (Å²) in [6.45, 7) is 0.160. The molecule has 0 aliphatic rings. The van der Waals surface area contributed by atoms with Crippen LogP contribution in [0.4, 0.5) is 4.79 Å². The topological polar surface area (TPSA) is 136 Å². The van der Waals surface area contributed by atoms with Gasteiger partial charge >= 0.3 is 6.09 Å². The lowest BCUT2D eigenvalue weighted by Gasteiger charge is -2.08. The molecule has 0 atom stereocenters. The van der Waals surface area contributed by atoms with Crippen LogP contribution in [0.5, 0.6) is 11.5 Å². The van der Waals surface area contributed by atoms with Gasteiger partial charge in [0.1, 0.15) is 17.3 Å². The summed E-state index contributed by atoms with van der Waals surface area (Å²) in [6.07, 6.45) is -0.901. The van der Waals surface area contributed by atoms with E-state index in [1.807, 2.05) is 0 Å². The quantitative estimate of drug-likeness (QED) is 0.394. The van der Waals surface area contributed by atoms with Crippen LogP contribution in [0.25, 0.3) is 22.4 Å². The number of sulfonamides is 1. The van der Waals surface area contributed by atoms with E-state index in [1.54, 1.807) is 61.7 Å². The van der Waals surface area contributed by atoms with Gasteiger partial charge in [-0.3, -0.25) is 0 Å². The Morgan fingerprint density at radius 1 is 1.03 bits per heavy atom. The first kappa shape index (κ1) is 21.3. The van der Waals surface area contributed by atoms with E-state index < -0.39 is 16.1 Å². The van der Waals surface area contributed by atoms with Crippen molar-refractivity contribution in [2.45, 2.75) is 11.4 Å². The Kier molecular flexibility index (Phi) is 5.80. The number of ether oxygens (including phenoxy) is 2. The summed E-state index contributed by atoms with van der Waals surface area (Å²) >= 11 is 0. The van der Waals surface area contributed by atoms with Crippen molar-refractivity contribution in [3.63, 3.8) is 0 Å². The third-order valence-corrected chi connectivity index (χ3v) is 6.15. The first-order valence-corrected chi connectivity index (χ1v) is 11.0. The van der Waals surface area contributed by atoms with Gasteiger partial charge in [0.2, 0.25) is 10.0 Å². The minimum atomic E-state index is -3.69. The van der Waals surface area contributed by atoms with Crippen LogP contribution < -0.4 is 19.9 Å². The number of amides is 1. The number of hydrogen-bond acceptors (Lipinski definition) is 6. The zero-order chi connectivity index (χ0) is 22.7. The van der Waals surface area contributed by atoms with Crippen LogP contribution in [-0.2, 0) is 16.6 Å². The van der Waals surface area contributed by atoms with E-state index in [0.29, 0.717) is 33.9 Å². The molecule has 164 valence electrons. The van der Waals surface area contributed by atoms with Crippen LogP contribution in [0.15, 0.2) is 71.6 Å². The van der Waals surface area contributed by atoms with E-state index >= 15 is 0 Å². The number of benzene rings is 3. The summed E-state index contributed by atoms with van der Waals surface area (Å²) < 4.78 is 37.8. The maximum Gasteiger partial charge on any atom is 0.409 e. The fourth-order valence-corrected chi connectivity index (χ4v) is 4.12. The van der Waals surface area contributed by atoms with Gasteiger partial charge in [0.15, 0.2) is 0 Å². The highest BCUT2D eigenvalue weighted by Crippen LogP contribution is 2.25. The second kappa shape index (κ2) is 8.69. The molecule has 0 spiro atoms. The molecule has 0 aliphatic heterocycles. The molecule has 4 rings (SSSR count). The number of nitrogens with two attached hydrogens (primary N) is 1. The number of primary amides is 1. The highest BCUT2D eigenvalue weighted by molar-refractivity contribution is 7.89. The van der Waals surface area contributed by atoms with E-state index in [-0.39, 0.29) is 11.4 Å². The number of aromatic nitrogens is 2.